The van der Waals surface area contributed by atoms with Crippen molar-refractivity contribution in [3.63, 3.8) is 0 Å². The quantitative estimate of drug-likeness (QED) is 0.428. The highest BCUT2D eigenvalue weighted by atomic mass is 35.5. The van der Waals surface area contributed by atoms with Crippen molar-refractivity contribution in [2.75, 3.05) is 5.75 Å². The minimum Gasteiger partial charge on any atom is -0.240 e. The van der Waals surface area contributed by atoms with Crippen molar-refractivity contribution < 1.29 is 0 Å². The zero-order chi connectivity index (χ0) is 9.68. The molecule has 1 aromatic rings. The van der Waals surface area contributed by atoms with Crippen LogP contribution in [0.3, 0.4) is 0 Å². The van der Waals surface area contributed by atoms with Crippen molar-refractivity contribution in [2.24, 2.45) is 0 Å². The van der Waals surface area contributed by atoms with E-state index in [4.69, 9.17) is 11.6 Å². The number of hydrogen-bond donors (Lipinski definition) is 1. The van der Waals surface area contributed by atoms with Gasteiger partial charge in [0.15, 0.2) is 0 Å². The largest absolute Gasteiger partial charge is 0.240 e. The first-order chi connectivity index (χ1) is 6.24. The van der Waals surface area contributed by atoms with E-state index in [1.54, 1.807) is 0 Å². The maximum absolute atomic E-state index is 5.88. The first-order valence-electron chi connectivity index (χ1n) is 3.97. The highest BCUT2D eigenvalue weighted by Gasteiger charge is 1.96. The van der Waals surface area contributed by atoms with Gasteiger partial charge in [-0.15, -0.1) is 0 Å². The van der Waals surface area contributed by atoms with Gasteiger partial charge in [-0.3, -0.25) is 0 Å². The van der Waals surface area contributed by atoms with Crippen LogP contribution < -0.4 is 0 Å². The molecule has 0 aliphatic carbocycles. The Morgan fingerprint density at radius 3 is 2.92 bits per heavy atom. The molecule has 0 saturated heterocycles. The molecule has 0 aliphatic rings. The van der Waals surface area contributed by atoms with Crippen molar-refractivity contribution in [2.45, 2.75) is 13.3 Å². The van der Waals surface area contributed by atoms with E-state index < -0.39 is 0 Å². The third-order valence-corrected chi connectivity index (χ3v) is 1.96. The Balaban J connectivity index is 2.85. The maximum Gasteiger partial charge on any atom is 0.144 e. The Hall–Kier alpha value is -0.650. The Kier molecular flexibility index (Phi) is 4.14. The number of hydrogen-bond acceptors (Lipinski definition) is 2. The van der Waals surface area contributed by atoms with Gasteiger partial charge in [0.05, 0.1) is 5.56 Å². The summed E-state index contributed by atoms with van der Waals surface area (Å²) in [6, 6.07) is 3.78. The van der Waals surface area contributed by atoms with Gasteiger partial charge in [0.25, 0.3) is 0 Å². The van der Waals surface area contributed by atoms with Crippen molar-refractivity contribution in [1.29, 1.82) is 0 Å². The molecule has 0 aliphatic heterocycles. The van der Waals surface area contributed by atoms with E-state index in [0.29, 0.717) is 5.15 Å². The number of aryl methyl sites for hydroxylation is 1. The summed E-state index contributed by atoms with van der Waals surface area (Å²) < 4.78 is 0. The van der Waals surface area contributed by atoms with Gasteiger partial charge in [0, 0.05) is 17.9 Å². The van der Waals surface area contributed by atoms with Crippen LogP contribution in [-0.4, -0.2) is 10.7 Å². The number of nitrogens with zero attached hydrogens (tertiary/aromatic N) is 1. The van der Waals surface area contributed by atoms with Gasteiger partial charge in [0.2, 0.25) is 0 Å². The second kappa shape index (κ2) is 5.16. The lowest BCUT2D eigenvalue weighted by atomic mass is 10.2. The lowest BCUT2D eigenvalue weighted by Crippen LogP contribution is -1.85. The van der Waals surface area contributed by atoms with Crippen molar-refractivity contribution >= 4 is 24.2 Å². The van der Waals surface area contributed by atoms with Crippen LogP contribution >= 0.6 is 24.2 Å². The Morgan fingerprint density at radius 2 is 2.31 bits per heavy atom. The van der Waals surface area contributed by atoms with Crippen LogP contribution in [0.15, 0.2) is 12.1 Å². The molecule has 0 bridgehead atoms. The number of thiol groups is 1. The van der Waals surface area contributed by atoms with E-state index in [1.807, 2.05) is 19.1 Å². The van der Waals surface area contributed by atoms with Crippen molar-refractivity contribution in [3.05, 3.63) is 28.5 Å². The Labute approximate surface area is 88.9 Å². The van der Waals surface area contributed by atoms with E-state index in [1.165, 1.54) is 0 Å². The average Bonchev–Trinajstić information content (AvgIpc) is 2.09. The molecule has 0 fully saturated rings. The summed E-state index contributed by atoms with van der Waals surface area (Å²) in [5.41, 5.74) is 1.69. The van der Waals surface area contributed by atoms with Crippen LogP contribution in [-0.2, 0) is 0 Å². The molecule has 1 rings (SSSR count). The summed E-state index contributed by atoms with van der Waals surface area (Å²) in [5, 5.41) is 0.478. The monoisotopic (exact) mass is 211 g/mol. The Morgan fingerprint density at radius 1 is 1.54 bits per heavy atom. The first-order valence-corrected chi connectivity index (χ1v) is 4.98. The summed E-state index contributed by atoms with van der Waals surface area (Å²) in [4.78, 5) is 4.10. The SMILES string of the molecule is Cc1ccc(C#CCCS)c(Cl)n1. The van der Waals surface area contributed by atoms with E-state index in [-0.39, 0.29) is 0 Å². The maximum atomic E-state index is 5.88. The fourth-order valence-corrected chi connectivity index (χ4v) is 1.19. The molecule has 1 nitrogen and oxygen atoms in total. The van der Waals surface area contributed by atoms with E-state index in [2.05, 4.69) is 29.5 Å². The summed E-state index contributed by atoms with van der Waals surface area (Å²) >= 11 is 9.93. The van der Waals surface area contributed by atoms with E-state index in [0.717, 1.165) is 23.4 Å². The standard InChI is InChI=1S/C10H10ClNS/c1-8-5-6-9(10(11)12-8)4-2-3-7-13/h5-6,13H,3,7H2,1H3. The highest BCUT2D eigenvalue weighted by molar-refractivity contribution is 7.80. The minimum absolute atomic E-state index is 0.478. The Bertz CT molecular complexity index is 352. The second-order valence-electron chi connectivity index (χ2n) is 2.57. The molecule has 3 heteroatoms. The lowest BCUT2D eigenvalue weighted by molar-refractivity contribution is 1.19. The highest BCUT2D eigenvalue weighted by Crippen LogP contribution is 2.11. The van der Waals surface area contributed by atoms with Crippen LogP contribution in [0.25, 0.3) is 0 Å². The molecule has 1 heterocycles. The summed E-state index contributed by atoms with van der Waals surface area (Å²) in [6.45, 7) is 1.90. The lowest BCUT2D eigenvalue weighted by Gasteiger charge is -1.95. The molecule has 0 unspecified atom stereocenters. The average molecular weight is 212 g/mol. The molecule has 0 atom stereocenters. The van der Waals surface area contributed by atoms with Gasteiger partial charge in [-0.05, 0) is 19.1 Å². The molecule has 0 radical (unpaired) electrons. The molecule has 0 saturated carbocycles. The van der Waals surface area contributed by atoms with Crippen molar-refractivity contribution in [3.8, 4) is 11.8 Å². The van der Waals surface area contributed by atoms with Gasteiger partial charge in [0.1, 0.15) is 5.15 Å². The van der Waals surface area contributed by atoms with Crippen LogP contribution in [0.2, 0.25) is 5.15 Å². The van der Waals surface area contributed by atoms with Gasteiger partial charge in [-0.1, -0.05) is 23.4 Å². The van der Waals surface area contributed by atoms with Gasteiger partial charge >= 0.3 is 0 Å². The zero-order valence-electron chi connectivity index (χ0n) is 7.34. The van der Waals surface area contributed by atoms with Gasteiger partial charge in [-0.2, -0.15) is 12.6 Å². The molecule has 0 aromatic carbocycles. The third-order valence-electron chi connectivity index (χ3n) is 1.45. The third kappa shape index (κ3) is 3.30. The number of halogens is 1. The topological polar surface area (TPSA) is 12.9 Å². The summed E-state index contributed by atoms with van der Waals surface area (Å²) in [5.74, 6) is 6.68. The van der Waals surface area contributed by atoms with Crippen LogP contribution in [0, 0.1) is 18.8 Å². The first kappa shape index (κ1) is 10.4. The van der Waals surface area contributed by atoms with E-state index in [9.17, 15) is 0 Å². The molecule has 0 amide bonds. The van der Waals surface area contributed by atoms with Crippen molar-refractivity contribution in [1.82, 2.24) is 4.98 Å². The minimum atomic E-state index is 0.478. The predicted molar refractivity (Wildman–Crippen MR) is 59.3 cm³/mol. The van der Waals surface area contributed by atoms with Crippen LogP contribution in [0.4, 0.5) is 0 Å². The summed E-state index contributed by atoms with van der Waals surface area (Å²) in [7, 11) is 0. The van der Waals surface area contributed by atoms with Crippen LogP contribution in [0.1, 0.15) is 17.7 Å². The molecular weight excluding hydrogens is 202 g/mol. The fraction of sp³-hybridized carbons (Fsp3) is 0.300. The van der Waals surface area contributed by atoms with Crippen LogP contribution in [0.5, 0.6) is 0 Å². The second-order valence-corrected chi connectivity index (χ2v) is 3.37. The zero-order valence-corrected chi connectivity index (χ0v) is 8.99. The van der Waals surface area contributed by atoms with Gasteiger partial charge in [-0.25, -0.2) is 4.98 Å². The molecule has 68 valence electrons. The number of rotatable bonds is 1. The number of pyridine rings is 1. The smallest absolute Gasteiger partial charge is 0.144 e. The molecule has 0 N–H and O–H groups in total. The molecular formula is C10H10ClNS. The fourth-order valence-electron chi connectivity index (χ4n) is 0.832. The predicted octanol–water partition coefficient (Wildman–Crippen LogP) is 2.71. The molecule has 1 aromatic heterocycles. The molecule has 0 spiro atoms. The normalized spacial score (nSPS) is 9.15. The molecule has 13 heavy (non-hydrogen) atoms. The number of aromatic nitrogens is 1. The summed E-state index contributed by atoms with van der Waals surface area (Å²) in [6.07, 6.45) is 0.771. The van der Waals surface area contributed by atoms with E-state index >= 15 is 0 Å². The van der Waals surface area contributed by atoms with Gasteiger partial charge < -0.3 is 0 Å².